The van der Waals surface area contributed by atoms with Crippen molar-refractivity contribution in [2.45, 2.75) is 13.5 Å². The van der Waals surface area contributed by atoms with Gasteiger partial charge in [0, 0.05) is 34.2 Å². The third-order valence-electron chi connectivity index (χ3n) is 3.52. The monoisotopic (exact) mass is 283 g/mol. The summed E-state index contributed by atoms with van der Waals surface area (Å²) in [5, 5.41) is 1.75. The Morgan fingerprint density at radius 1 is 1.20 bits per heavy atom. The van der Waals surface area contributed by atoms with E-state index in [0.29, 0.717) is 6.54 Å². The first kappa shape index (κ1) is 12.9. The standard InChI is InChI=1S/C17H14ClNO/c1-12-5-6-13(16(18)9-12)10-19-8-7-15-14(11-20)3-2-4-17(15)19/h2-9,11H,10H2,1H3. The average molecular weight is 284 g/mol. The summed E-state index contributed by atoms with van der Waals surface area (Å²) in [6, 6.07) is 13.8. The van der Waals surface area contributed by atoms with Crippen molar-refractivity contribution in [2.75, 3.05) is 0 Å². The van der Waals surface area contributed by atoms with Crippen LogP contribution in [-0.2, 0) is 6.54 Å². The Labute approximate surface area is 122 Å². The molecule has 0 unspecified atom stereocenters. The maximum Gasteiger partial charge on any atom is 0.150 e. The van der Waals surface area contributed by atoms with Crippen LogP contribution in [0.15, 0.2) is 48.7 Å². The van der Waals surface area contributed by atoms with E-state index >= 15 is 0 Å². The molecular formula is C17H14ClNO. The van der Waals surface area contributed by atoms with Crippen molar-refractivity contribution in [1.29, 1.82) is 0 Å². The van der Waals surface area contributed by atoms with E-state index in [-0.39, 0.29) is 0 Å². The van der Waals surface area contributed by atoms with Crippen LogP contribution in [0.5, 0.6) is 0 Å². The number of hydrogen-bond acceptors (Lipinski definition) is 1. The van der Waals surface area contributed by atoms with Crippen molar-refractivity contribution in [3.8, 4) is 0 Å². The number of aryl methyl sites for hydroxylation is 1. The van der Waals surface area contributed by atoms with E-state index < -0.39 is 0 Å². The largest absolute Gasteiger partial charge is 0.343 e. The minimum Gasteiger partial charge on any atom is -0.343 e. The van der Waals surface area contributed by atoms with E-state index in [0.717, 1.165) is 38.9 Å². The first-order valence-electron chi connectivity index (χ1n) is 6.47. The maximum atomic E-state index is 11.0. The van der Waals surface area contributed by atoms with Crippen molar-refractivity contribution < 1.29 is 4.79 Å². The molecule has 0 fully saturated rings. The van der Waals surface area contributed by atoms with Crippen LogP contribution < -0.4 is 0 Å². The minimum absolute atomic E-state index is 0.699. The normalized spacial score (nSPS) is 10.9. The highest BCUT2D eigenvalue weighted by molar-refractivity contribution is 6.31. The summed E-state index contributed by atoms with van der Waals surface area (Å²) in [5.74, 6) is 0. The number of carbonyl (C=O) groups excluding carboxylic acids is 1. The van der Waals surface area contributed by atoms with Crippen molar-refractivity contribution in [3.05, 3.63) is 70.4 Å². The molecule has 0 amide bonds. The third-order valence-corrected chi connectivity index (χ3v) is 3.88. The van der Waals surface area contributed by atoms with Gasteiger partial charge in [-0.3, -0.25) is 4.79 Å². The van der Waals surface area contributed by atoms with Crippen LogP contribution in [0.4, 0.5) is 0 Å². The summed E-state index contributed by atoms with van der Waals surface area (Å²) in [6.45, 7) is 2.72. The first-order chi connectivity index (χ1) is 9.69. The molecule has 0 N–H and O–H groups in total. The number of aromatic nitrogens is 1. The molecule has 0 radical (unpaired) electrons. The second-order valence-electron chi connectivity index (χ2n) is 4.94. The number of aldehydes is 1. The topological polar surface area (TPSA) is 22.0 Å². The molecule has 20 heavy (non-hydrogen) atoms. The first-order valence-corrected chi connectivity index (χ1v) is 6.85. The number of fused-ring (bicyclic) bond motifs is 1. The zero-order valence-corrected chi connectivity index (χ0v) is 11.9. The summed E-state index contributed by atoms with van der Waals surface area (Å²) >= 11 is 6.29. The van der Waals surface area contributed by atoms with E-state index in [4.69, 9.17) is 11.6 Å². The summed E-state index contributed by atoms with van der Waals surface area (Å²) in [7, 11) is 0. The highest BCUT2D eigenvalue weighted by Crippen LogP contribution is 2.23. The Balaban J connectivity index is 2.05. The predicted octanol–water partition coefficient (Wildman–Crippen LogP) is 4.46. The molecule has 0 saturated heterocycles. The SMILES string of the molecule is Cc1ccc(Cn2ccc3c(C=O)cccc32)c(Cl)c1. The molecule has 1 heterocycles. The number of benzene rings is 2. The molecule has 0 spiro atoms. The van der Waals surface area contributed by atoms with Crippen molar-refractivity contribution in [1.82, 2.24) is 4.57 Å². The molecule has 3 heteroatoms. The molecular weight excluding hydrogens is 270 g/mol. The quantitative estimate of drug-likeness (QED) is 0.650. The van der Waals surface area contributed by atoms with Crippen LogP contribution in [0, 0.1) is 6.92 Å². The van der Waals surface area contributed by atoms with Gasteiger partial charge in [-0.1, -0.05) is 35.9 Å². The zero-order valence-electron chi connectivity index (χ0n) is 11.1. The zero-order chi connectivity index (χ0) is 14.1. The van der Waals surface area contributed by atoms with Gasteiger partial charge >= 0.3 is 0 Å². The molecule has 2 nitrogen and oxygen atoms in total. The van der Waals surface area contributed by atoms with Gasteiger partial charge in [-0.15, -0.1) is 0 Å². The summed E-state index contributed by atoms with van der Waals surface area (Å²) in [5.41, 5.74) is 3.99. The summed E-state index contributed by atoms with van der Waals surface area (Å²) in [6.07, 6.45) is 2.89. The Bertz CT molecular complexity index is 789. The number of nitrogens with zero attached hydrogens (tertiary/aromatic N) is 1. The van der Waals surface area contributed by atoms with Gasteiger partial charge in [-0.25, -0.2) is 0 Å². The fourth-order valence-electron chi connectivity index (χ4n) is 2.45. The second-order valence-corrected chi connectivity index (χ2v) is 5.34. The van der Waals surface area contributed by atoms with Crippen molar-refractivity contribution in [2.24, 2.45) is 0 Å². The Kier molecular flexibility index (Phi) is 3.33. The molecule has 3 rings (SSSR count). The lowest BCUT2D eigenvalue weighted by Gasteiger charge is -2.08. The molecule has 1 aromatic heterocycles. The number of rotatable bonds is 3. The molecule has 0 atom stereocenters. The van der Waals surface area contributed by atoms with E-state index in [1.165, 1.54) is 0 Å². The molecule has 0 saturated carbocycles. The average Bonchev–Trinajstić information content (AvgIpc) is 2.85. The molecule has 0 aliphatic heterocycles. The van der Waals surface area contributed by atoms with Crippen LogP contribution >= 0.6 is 11.6 Å². The maximum absolute atomic E-state index is 11.0. The lowest BCUT2D eigenvalue weighted by molar-refractivity contribution is 0.112. The fraction of sp³-hybridized carbons (Fsp3) is 0.118. The molecule has 100 valence electrons. The number of halogens is 1. The van der Waals surface area contributed by atoms with Crippen LogP contribution in [0.2, 0.25) is 5.02 Å². The highest BCUT2D eigenvalue weighted by Gasteiger charge is 2.07. The smallest absolute Gasteiger partial charge is 0.150 e. The van der Waals surface area contributed by atoms with Gasteiger partial charge in [-0.05, 0) is 36.2 Å². The summed E-state index contributed by atoms with van der Waals surface area (Å²) in [4.78, 5) is 11.0. The van der Waals surface area contributed by atoms with E-state index in [9.17, 15) is 4.79 Å². The van der Waals surface area contributed by atoms with E-state index in [1.54, 1.807) is 0 Å². The molecule has 2 aromatic carbocycles. The van der Waals surface area contributed by atoms with Crippen LogP contribution in [-0.4, -0.2) is 10.9 Å². The third kappa shape index (κ3) is 2.23. The lowest BCUT2D eigenvalue weighted by Crippen LogP contribution is -1.99. The van der Waals surface area contributed by atoms with Gasteiger partial charge in [0.25, 0.3) is 0 Å². The Hall–Kier alpha value is -2.06. The molecule has 0 bridgehead atoms. The fourth-order valence-corrected chi connectivity index (χ4v) is 2.75. The minimum atomic E-state index is 0.699. The Morgan fingerprint density at radius 2 is 2.05 bits per heavy atom. The van der Waals surface area contributed by atoms with Crippen LogP contribution in [0.1, 0.15) is 21.5 Å². The van der Waals surface area contributed by atoms with Gasteiger partial charge in [0.1, 0.15) is 0 Å². The van der Waals surface area contributed by atoms with Gasteiger partial charge in [0.05, 0.1) is 0 Å². The van der Waals surface area contributed by atoms with Gasteiger partial charge in [0.2, 0.25) is 0 Å². The predicted molar refractivity (Wildman–Crippen MR) is 82.6 cm³/mol. The molecule has 0 aliphatic rings. The molecule has 3 aromatic rings. The van der Waals surface area contributed by atoms with Gasteiger partial charge < -0.3 is 4.57 Å². The van der Waals surface area contributed by atoms with E-state index in [1.807, 2.05) is 49.5 Å². The lowest BCUT2D eigenvalue weighted by atomic mass is 10.1. The highest BCUT2D eigenvalue weighted by atomic mass is 35.5. The Morgan fingerprint density at radius 3 is 2.80 bits per heavy atom. The van der Waals surface area contributed by atoms with Gasteiger partial charge in [-0.2, -0.15) is 0 Å². The number of carbonyl (C=O) groups is 1. The number of hydrogen-bond donors (Lipinski definition) is 0. The molecule has 0 aliphatic carbocycles. The second kappa shape index (κ2) is 5.14. The van der Waals surface area contributed by atoms with Crippen LogP contribution in [0.3, 0.4) is 0 Å². The van der Waals surface area contributed by atoms with E-state index in [2.05, 4.69) is 10.6 Å². The van der Waals surface area contributed by atoms with Gasteiger partial charge in [0.15, 0.2) is 6.29 Å². The van der Waals surface area contributed by atoms with Crippen molar-refractivity contribution >= 4 is 28.8 Å². The van der Waals surface area contributed by atoms with Crippen molar-refractivity contribution in [3.63, 3.8) is 0 Å². The summed E-state index contributed by atoms with van der Waals surface area (Å²) < 4.78 is 2.11. The van der Waals surface area contributed by atoms with Crippen LogP contribution in [0.25, 0.3) is 10.9 Å².